The second-order valence-corrected chi connectivity index (χ2v) is 5.71. The summed E-state index contributed by atoms with van der Waals surface area (Å²) in [5, 5.41) is 4.22. The molecule has 0 amide bonds. The molecule has 2 aromatic carbocycles. The molecule has 0 spiro atoms. The summed E-state index contributed by atoms with van der Waals surface area (Å²) in [5.41, 5.74) is 5.26. The molecule has 0 aliphatic rings. The molecule has 0 unspecified atom stereocenters. The number of rotatable bonds is 5. The molecule has 0 saturated heterocycles. The quantitative estimate of drug-likeness (QED) is 0.665. The molecular formula is C20H20N2O2. The van der Waals surface area contributed by atoms with E-state index >= 15 is 0 Å². The lowest BCUT2D eigenvalue weighted by molar-refractivity contribution is 0.0526. The third kappa shape index (κ3) is 3.71. The Hall–Kier alpha value is -2.88. The lowest BCUT2D eigenvalue weighted by Crippen LogP contribution is -2.04. The van der Waals surface area contributed by atoms with Crippen molar-refractivity contribution in [1.29, 1.82) is 0 Å². The fourth-order valence-corrected chi connectivity index (χ4v) is 2.51. The highest BCUT2D eigenvalue weighted by Crippen LogP contribution is 2.20. The van der Waals surface area contributed by atoms with Gasteiger partial charge in [-0.2, -0.15) is 5.10 Å². The number of hydrogen-bond donors (Lipinski definition) is 0. The summed E-state index contributed by atoms with van der Waals surface area (Å²) in [4.78, 5) is 11.7. The summed E-state index contributed by atoms with van der Waals surface area (Å²) in [6.45, 7) is 4.86. The van der Waals surface area contributed by atoms with Gasteiger partial charge in [0.1, 0.15) is 0 Å². The summed E-state index contributed by atoms with van der Waals surface area (Å²) < 4.78 is 6.72. The number of ether oxygens (including phenoxy) is 1. The molecule has 0 fully saturated rings. The monoisotopic (exact) mass is 320 g/mol. The lowest BCUT2D eigenvalue weighted by Gasteiger charge is -2.05. The molecule has 4 nitrogen and oxygen atoms in total. The molecule has 24 heavy (non-hydrogen) atoms. The van der Waals surface area contributed by atoms with E-state index in [9.17, 15) is 4.79 Å². The van der Waals surface area contributed by atoms with Crippen LogP contribution in [0.3, 0.4) is 0 Å². The molecule has 3 rings (SSSR count). The maximum Gasteiger partial charge on any atom is 0.341 e. The van der Waals surface area contributed by atoms with Crippen LogP contribution in [-0.4, -0.2) is 22.4 Å². The minimum Gasteiger partial charge on any atom is -0.462 e. The van der Waals surface area contributed by atoms with E-state index in [4.69, 9.17) is 4.74 Å². The van der Waals surface area contributed by atoms with Crippen molar-refractivity contribution in [3.8, 4) is 11.1 Å². The average Bonchev–Trinajstić information content (AvgIpc) is 3.05. The van der Waals surface area contributed by atoms with Crippen molar-refractivity contribution < 1.29 is 9.53 Å². The van der Waals surface area contributed by atoms with E-state index in [1.54, 1.807) is 24.0 Å². The van der Waals surface area contributed by atoms with Gasteiger partial charge in [0.2, 0.25) is 0 Å². The van der Waals surface area contributed by atoms with Crippen molar-refractivity contribution in [1.82, 2.24) is 9.78 Å². The van der Waals surface area contributed by atoms with Gasteiger partial charge in [0.05, 0.1) is 24.9 Å². The van der Waals surface area contributed by atoms with Crippen LogP contribution in [0.15, 0.2) is 60.9 Å². The Bertz CT molecular complexity index is 818. The molecule has 122 valence electrons. The first-order valence-corrected chi connectivity index (χ1v) is 8.01. The van der Waals surface area contributed by atoms with Gasteiger partial charge in [-0.1, -0.05) is 54.1 Å². The van der Waals surface area contributed by atoms with E-state index in [1.165, 1.54) is 16.7 Å². The molecule has 0 N–H and O–H groups in total. The second kappa shape index (κ2) is 7.13. The first kappa shape index (κ1) is 16.0. The van der Waals surface area contributed by atoms with Gasteiger partial charge in [-0.3, -0.25) is 4.68 Å². The van der Waals surface area contributed by atoms with Gasteiger partial charge in [-0.15, -0.1) is 0 Å². The number of aromatic nitrogens is 2. The van der Waals surface area contributed by atoms with Crippen LogP contribution in [0, 0.1) is 6.92 Å². The lowest BCUT2D eigenvalue weighted by atomic mass is 10.0. The Balaban J connectivity index is 1.70. The Morgan fingerprint density at radius 1 is 1.04 bits per heavy atom. The molecular weight excluding hydrogens is 300 g/mol. The number of carbonyl (C=O) groups excluding carboxylic acids is 1. The van der Waals surface area contributed by atoms with Gasteiger partial charge in [0.15, 0.2) is 0 Å². The molecule has 0 radical (unpaired) electrons. The first-order chi connectivity index (χ1) is 11.7. The topological polar surface area (TPSA) is 44.1 Å². The maximum absolute atomic E-state index is 11.7. The first-order valence-electron chi connectivity index (χ1n) is 8.01. The zero-order valence-electron chi connectivity index (χ0n) is 13.9. The number of carbonyl (C=O) groups is 1. The fraction of sp³-hybridized carbons (Fsp3) is 0.200. The van der Waals surface area contributed by atoms with Gasteiger partial charge in [0, 0.05) is 6.20 Å². The largest absolute Gasteiger partial charge is 0.462 e. The molecule has 0 saturated carbocycles. The molecule has 1 aromatic heterocycles. The highest BCUT2D eigenvalue weighted by molar-refractivity contribution is 5.88. The van der Waals surface area contributed by atoms with Gasteiger partial charge < -0.3 is 4.74 Å². The number of hydrogen-bond acceptors (Lipinski definition) is 3. The van der Waals surface area contributed by atoms with Gasteiger partial charge in [0.25, 0.3) is 0 Å². The van der Waals surface area contributed by atoms with Crippen LogP contribution in [0.1, 0.15) is 28.4 Å². The number of benzene rings is 2. The van der Waals surface area contributed by atoms with E-state index in [0.717, 1.165) is 5.56 Å². The van der Waals surface area contributed by atoms with Crippen LogP contribution in [0.4, 0.5) is 0 Å². The molecule has 4 heteroatoms. The Morgan fingerprint density at radius 2 is 1.67 bits per heavy atom. The van der Waals surface area contributed by atoms with E-state index in [-0.39, 0.29) is 5.97 Å². The van der Waals surface area contributed by atoms with Crippen molar-refractivity contribution in [3.63, 3.8) is 0 Å². The Labute approximate surface area is 141 Å². The normalized spacial score (nSPS) is 10.6. The van der Waals surface area contributed by atoms with Crippen LogP contribution >= 0.6 is 0 Å². The second-order valence-electron chi connectivity index (χ2n) is 5.71. The van der Waals surface area contributed by atoms with Gasteiger partial charge in [-0.05, 0) is 30.5 Å². The van der Waals surface area contributed by atoms with Crippen LogP contribution in [0.2, 0.25) is 0 Å². The fourth-order valence-electron chi connectivity index (χ4n) is 2.51. The third-order valence-corrected chi connectivity index (χ3v) is 3.83. The summed E-state index contributed by atoms with van der Waals surface area (Å²) in [6.07, 6.45) is 3.25. The predicted octanol–water partition coefficient (Wildman–Crippen LogP) is 4.08. The minimum absolute atomic E-state index is 0.335. The summed E-state index contributed by atoms with van der Waals surface area (Å²) in [5.74, 6) is -0.335. The van der Waals surface area contributed by atoms with Crippen LogP contribution in [0.25, 0.3) is 11.1 Å². The summed E-state index contributed by atoms with van der Waals surface area (Å²) >= 11 is 0. The van der Waals surface area contributed by atoms with Crippen molar-refractivity contribution in [2.75, 3.05) is 6.61 Å². The molecule has 0 aliphatic heterocycles. The van der Waals surface area contributed by atoms with Crippen molar-refractivity contribution in [2.45, 2.75) is 20.4 Å². The molecule has 1 heterocycles. The Morgan fingerprint density at radius 3 is 2.29 bits per heavy atom. The minimum atomic E-state index is -0.335. The number of nitrogens with zero attached hydrogens (tertiary/aromatic N) is 2. The van der Waals surface area contributed by atoms with E-state index in [0.29, 0.717) is 18.7 Å². The smallest absolute Gasteiger partial charge is 0.341 e. The third-order valence-electron chi connectivity index (χ3n) is 3.83. The van der Waals surface area contributed by atoms with Crippen molar-refractivity contribution in [2.24, 2.45) is 0 Å². The number of aryl methyl sites for hydroxylation is 1. The average molecular weight is 320 g/mol. The van der Waals surface area contributed by atoms with Gasteiger partial charge >= 0.3 is 5.97 Å². The van der Waals surface area contributed by atoms with Gasteiger partial charge in [-0.25, -0.2) is 4.79 Å². The highest BCUT2D eigenvalue weighted by atomic mass is 16.5. The summed E-state index contributed by atoms with van der Waals surface area (Å²) in [7, 11) is 0. The van der Waals surface area contributed by atoms with Crippen molar-refractivity contribution in [3.05, 3.63) is 77.6 Å². The number of esters is 1. The standard InChI is InChI=1S/C20H20N2O2/c1-3-24-20(23)19-12-21-22(14-19)13-16-6-10-18(11-7-16)17-8-4-15(2)5-9-17/h4-12,14H,3,13H2,1-2H3. The van der Waals surface area contributed by atoms with Crippen LogP contribution < -0.4 is 0 Å². The molecule has 0 atom stereocenters. The molecule has 0 aliphatic carbocycles. The Kier molecular flexibility index (Phi) is 4.75. The van der Waals surface area contributed by atoms with Crippen molar-refractivity contribution >= 4 is 5.97 Å². The summed E-state index contributed by atoms with van der Waals surface area (Å²) in [6, 6.07) is 16.9. The molecule has 3 aromatic rings. The maximum atomic E-state index is 11.7. The zero-order chi connectivity index (χ0) is 16.9. The predicted molar refractivity (Wildman–Crippen MR) is 93.9 cm³/mol. The zero-order valence-corrected chi connectivity index (χ0v) is 13.9. The van der Waals surface area contributed by atoms with E-state index in [1.807, 2.05) is 0 Å². The molecule has 0 bridgehead atoms. The highest BCUT2D eigenvalue weighted by Gasteiger charge is 2.09. The van der Waals surface area contributed by atoms with E-state index in [2.05, 4.69) is 60.6 Å². The SMILES string of the molecule is CCOC(=O)c1cnn(Cc2ccc(-c3ccc(C)cc3)cc2)c1. The van der Waals surface area contributed by atoms with E-state index < -0.39 is 0 Å². The van der Waals surface area contributed by atoms with Crippen LogP contribution in [-0.2, 0) is 11.3 Å². The van der Waals surface area contributed by atoms with Crippen LogP contribution in [0.5, 0.6) is 0 Å².